The van der Waals surface area contributed by atoms with Gasteiger partial charge in [-0.2, -0.15) is 0 Å². The van der Waals surface area contributed by atoms with Crippen LogP contribution in [0.5, 0.6) is 5.75 Å². The molecule has 0 unspecified atom stereocenters. The third-order valence-corrected chi connectivity index (χ3v) is 6.39. The molecule has 0 bridgehead atoms. The molecule has 1 saturated heterocycles. The quantitative estimate of drug-likeness (QED) is 0.392. The molecule has 0 spiro atoms. The number of nitrogens with one attached hydrogen (secondary N) is 1. The van der Waals surface area contributed by atoms with Crippen molar-refractivity contribution < 1.29 is 13.9 Å². The van der Waals surface area contributed by atoms with Crippen molar-refractivity contribution >= 4 is 46.5 Å². The average molecular weight is 488 g/mol. The Morgan fingerprint density at radius 3 is 2.52 bits per heavy atom. The number of anilines is 3. The fourth-order valence-electron chi connectivity index (χ4n) is 3.49. The normalized spacial score (nSPS) is 13.7. The summed E-state index contributed by atoms with van der Waals surface area (Å²) in [4.78, 5) is 25.4. The van der Waals surface area contributed by atoms with Gasteiger partial charge in [-0.25, -0.2) is 14.4 Å². The third-order valence-electron chi connectivity index (χ3n) is 5.23. The summed E-state index contributed by atoms with van der Waals surface area (Å²) in [5.74, 6) is 0.874. The molecule has 4 rings (SSSR count). The Balaban J connectivity index is 1.30. The zero-order chi connectivity index (χ0) is 23.2. The molecule has 2 aromatic carbocycles. The van der Waals surface area contributed by atoms with Gasteiger partial charge < -0.3 is 19.9 Å². The minimum absolute atomic E-state index is 0.100. The van der Waals surface area contributed by atoms with Crippen molar-refractivity contribution in [2.24, 2.45) is 0 Å². The highest BCUT2D eigenvalue weighted by atomic mass is 35.5. The lowest BCUT2D eigenvalue weighted by Gasteiger charge is -2.36. The molecule has 2 heterocycles. The molecular weight excluding hydrogens is 465 g/mol. The van der Waals surface area contributed by atoms with E-state index in [9.17, 15) is 9.18 Å². The number of ether oxygens (including phenoxy) is 1. The van der Waals surface area contributed by atoms with Crippen molar-refractivity contribution in [1.29, 1.82) is 0 Å². The molecule has 10 heteroatoms. The summed E-state index contributed by atoms with van der Waals surface area (Å²) in [6.07, 6.45) is 1.50. The van der Waals surface area contributed by atoms with E-state index in [1.54, 1.807) is 7.11 Å². The number of nitrogens with zero attached hydrogens (tertiary/aromatic N) is 4. The van der Waals surface area contributed by atoms with Crippen LogP contribution in [0.2, 0.25) is 5.02 Å². The van der Waals surface area contributed by atoms with Gasteiger partial charge in [-0.3, -0.25) is 4.79 Å². The van der Waals surface area contributed by atoms with Crippen LogP contribution in [-0.4, -0.2) is 54.9 Å². The summed E-state index contributed by atoms with van der Waals surface area (Å²) in [5.41, 5.74) is 1.26. The summed E-state index contributed by atoms with van der Waals surface area (Å²) in [7, 11) is 1.66. The Kier molecular flexibility index (Phi) is 7.51. The number of rotatable bonds is 7. The van der Waals surface area contributed by atoms with E-state index in [0.29, 0.717) is 5.03 Å². The van der Waals surface area contributed by atoms with Gasteiger partial charge in [-0.15, -0.1) is 0 Å². The molecule has 3 aromatic rings. The Bertz CT molecular complexity index is 1110. The highest BCUT2D eigenvalue weighted by Gasteiger charge is 2.19. The molecule has 0 radical (unpaired) electrons. The van der Waals surface area contributed by atoms with Crippen LogP contribution < -0.4 is 19.9 Å². The summed E-state index contributed by atoms with van der Waals surface area (Å²) >= 11 is 7.02. The van der Waals surface area contributed by atoms with Gasteiger partial charge in [0.1, 0.15) is 28.7 Å². The van der Waals surface area contributed by atoms with Gasteiger partial charge in [0.05, 0.1) is 18.6 Å². The van der Waals surface area contributed by atoms with Gasteiger partial charge in [0, 0.05) is 43.0 Å². The van der Waals surface area contributed by atoms with Crippen molar-refractivity contribution in [2.45, 2.75) is 5.03 Å². The fraction of sp³-hybridized carbons (Fsp3) is 0.261. The number of halogens is 2. The molecule has 1 N–H and O–H groups in total. The zero-order valence-corrected chi connectivity index (χ0v) is 19.6. The second kappa shape index (κ2) is 10.7. The number of methoxy groups -OCH3 is 1. The number of aromatic nitrogens is 2. The van der Waals surface area contributed by atoms with E-state index in [0.717, 1.165) is 49.5 Å². The summed E-state index contributed by atoms with van der Waals surface area (Å²) < 4.78 is 19.1. The Hall–Kier alpha value is -3.04. The highest BCUT2D eigenvalue weighted by Crippen LogP contribution is 2.24. The fourth-order valence-corrected chi connectivity index (χ4v) is 4.31. The van der Waals surface area contributed by atoms with Crippen molar-refractivity contribution in [3.05, 3.63) is 65.7 Å². The Labute approximate surface area is 200 Å². The van der Waals surface area contributed by atoms with E-state index in [-0.39, 0.29) is 22.4 Å². The number of benzene rings is 2. The van der Waals surface area contributed by atoms with Crippen LogP contribution in [0.25, 0.3) is 0 Å². The molecule has 0 atom stereocenters. The van der Waals surface area contributed by atoms with Crippen LogP contribution in [0.4, 0.5) is 21.6 Å². The van der Waals surface area contributed by atoms with Gasteiger partial charge in [0.25, 0.3) is 0 Å². The van der Waals surface area contributed by atoms with Gasteiger partial charge in [-0.1, -0.05) is 23.4 Å². The van der Waals surface area contributed by atoms with E-state index in [2.05, 4.69) is 37.2 Å². The zero-order valence-electron chi connectivity index (χ0n) is 18.0. The summed E-state index contributed by atoms with van der Waals surface area (Å²) in [6, 6.07) is 14.1. The monoisotopic (exact) mass is 487 g/mol. The lowest BCUT2D eigenvalue weighted by Crippen LogP contribution is -2.46. The first-order valence-corrected chi connectivity index (χ1v) is 11.7. The van der Waals surface area contributed by atoms with Crippen LogP contribution in [0.15, 0.2) is 59.9 Å². The Morgan fingerprint density at radius 1 is 1.09 bits per heavy atom. The first-order chi connectivity index (χ1) is 16.0. The van der Waals surface area contributed by atoms with Crippen molar-refractivity contribution in [2.75, 3.05) is 54.2 Å². The molecule has 7 nitrogen and oxygen atoms in total. The number of carbonyl (C=O) groups is 1. The van der Waals surface area contributed by atoms with Crippen LogP contribution in [0, 0.1) is 5.82 Å². The summed E-state index contributed by atoms with van der Waals surface area (Å²) in [6.45, 7) is 3.38. The maximum Gasteiger partial charge on any atom is 0.234 e. The van der Waals surface area contributed by atoms with Gasteiger partial charge >= 0.3 is 0 Å². The lowest BCUT2D eigenvalue weighted by molar-refractivity contribution is -0.113. The average Bonchev–Trinajstić information content (AvgIpc) is 2.85. The number of hydrogen-bond donors (Lipinski definition) is 1. The predicted octanol–water partition coefficient (Wildman–Crippen LogP) is 4.34. The molecule has 1 amide bonds. The third kappa shape index (κ3) is 6.06. The molecule has 33 heavy (non-hydrogen) atoms. The molecule has 1 fully saturated rings. The van der Waals surface area contributed by atoms with Crippen molar-refractivity contribution in [1.82, 2.24) is 9.97 Å². The first-order valence-electron chi connectivity index (χ1n) is 10.4. The second-order valence-electron chi connectivity index (χ2n) is 7.35. The van der Waals surface area contributed by atoms with Crippen molar-refractivity contribution in [3.63, 3.8) is 0 Å². The maximum absolute atomic E-state index is 13.9. The first kappa shape index (κ1) is 23.1. The van der Waals surface area contributed by atoms with Crippen LogP contribution >= 0.6 is 23.4 Å². The molecular formula is C23H23ClFN5O2S. The number of carbonyl (C=O) groups excluding carboxylic acids is 1. The molecule has 172 valence electrons. The molecule has 1 aliphatic heterocycles. The number of amides is 1. The summed E-state index contributed by atoms with van der Waals surface area (Å²) in [5, 5.41) is 3.51. The predicted molar refractivity (Wildman–Crippen MR) is 130 cm³/mol. The topological polar surface area (TPSA) is 70.6 Å². The SMILES string of the molecule is COc1ccc(N2CCN(c3cc(SCC(=O)Nc4ccc(Cl)cc4F)ncn3)CC2)cc1. The van der Waals surface area contributed by atoms with E-state index in [1.807, 2.05) is 18.2 Å². The van der Waals surface area contributed by atoms with Gasteiger partial charge in [0.2, 0.25) is 5.91 Å². The number of thioether (sulfide) groups is 1. The largest absolute Gasteiger partial charge is 0.497 e. The molecule has 0 saturated carbocycles. The van der Waals surface area contributed by atoms with E-state index in [4.69, 9.17) is 16.3 Å². The second-order valence-corrected chi connectivity index (χ2v) is 8.78. The van der Waals surface area contributed by atoms with E-state index < -0.39 is 5.82 Å². The van der Waals surface area contributed by atoms with Crippen LogP contribution in [0.1, 0.15) is 0 Å². The van der Waals surface area contributed by atoms with Gasteiger partial charge in [0.15, 0.2) is 0 Å². The number of hydrogen-bond acceptors (Lipinski definition) is 7. The number of piperazine rings is 1. The van der Waals surface area contributed by atoms with E-state index >= 15 is 0 Å². The van der Waals surface area contributed by atoms with Gasteiger partial charge in [-0.05, 0) is 42.5 Å². The Morgan fingerprint density at radius 2 is 1.82 bits per heavy atom. The van der Waals surface area contributed by atoms with E-state index in [1.165, 1.54) is 30.2 Å². The lowest BCUT2D eigenvalue weighted by atomic mass is 10.2. The molecule has 1 aromatic heterocycles. The minimum atomic E-state index is -0.570. The highest BCUT2D eigenvalue weighted by molar-refractivity contribution is 7.99. The molecule has 1 aliphatic rings. The van der Waals surface area contributed by atoms with Crippen LogP contribution in [-0.2, 0) is 4.79 Å². The van der Waals surface area contributed by atoms with Crippen LogP contribution in [0.3, 0.4) is 0 Å². The minimum Gasteiger partial charge on any atom is -0.497 e. The standard InChI is InChI=1S/C23H23ClFN5O2S/c1-32-18-5-3-17(4-6-18)29-8-10-30(11-9-29)21-13-23(27-15-26-21)33-14-22(31)28-20-7-2-16(24)12-19(20)25/h2-7,12-13,15H,8-11,14H2,1H3,(H,28,31). The molecule has 0 aliphatic carbocycles. The maximum atomic E-state index is 13.9. The van der Waals surface area contributed by atoms with Crippen molar-refractivity contribution in [3.8, 4) is 5.75 Å². The smallest absolute Gasteiger partial charge is 0.234 e.